The average molecular weight is 362 g/mol. The van der Waals surface area contributed by atoms with Crippen molar-refractivity contribution in [2.24, 2.45) is 4.99 Å². The molecule has 2 N–H and O–H groups in total. The number of guanidine groups is 1. The van der Waals surface area contributed by atoms with Crippen LogP contribution in [0.15, 0.2) is 40.7 Å². The van der Waals surface area contributed by atoms with E-state index < -0.39 is 0 Å². The van der Waals surface area contributed by atoms with Crippen LogP contribution in [0.4, 0.5) is 0 Å². The van der Waals surface area contributed by atoms with Gasteiger partial charge in [-0.25, -0.2) is 0 Å². The van der Waals surface area contributed by atoms with Crippen LogP contribution in [0.1, 0.15) is 18.7 Å². The molecule has 6 heteroatoms. The number of ether oxygens (including phenoxy) is 2. The molecule has 2 rings (SSSR count). The van der Waals surface area contributed by atoms with Gasteiger partial charge in [0, 0.05) is 25.6 Å². The lowest BCUT2D eigenvalue weighted by atomic mass is 10.1. The molecular weight excluding hydrogens is 334 g/mol. The molecule has 136 valence electrons. The molecule has 0 aliphatic carbocycles. The van der Waals surface area contributed by atoms with Crippen molar-refractivity contribution in [3.8, 4) is 16.9 Å². The van der Waals surface area contributed by atoms with Crippen LogP contribution in [0.2, 0.25) is 0 Å². The summed E-state index contributed by atoms with van der Waals surface area (Å²) < 4.78 is 10.6. The lowest BCUT2D eigenvalue weighted by molar-refractivity contribution is 0.0268. The van der Waals surface area contributed by atoms with Gasteiger partial charge in [0.05, 0.1) is 19.3 Å². The van der Waals surface area contributed by atoms with Gasteiger partial charge in [-0.3, -0.25) is 4.99 Å². The Bertz CT molecular complexity index is 693. The highest BCUT2D eigenvalue weighted by Crippen LogP contribution is 2.27. The molecule has 5 nitrogen and oxygen atoms in total. The first-order valence-corrected chi connectivity index (χ1v) is 9.07. The topological polar surface area (TPSA) is 54.9 Å². The summed E-state index contributed by atoms with van der Waals surface area (Å²) in [6, 6.07) is 10.3. The fourth-order valence-corrected chi connectivity index (χ4v) is 3.00. The Morgan fingerprint density at radius 2 is 1.84 bits per heavy atom. The number of hydrogen-bond donors (Lipinski definition) is 2. The van der Waals surface area contributed by atoms with Gasteiger partial charge in [0.2, 0.25) is 0 Å². The fourth-order valence-electron chi connectivity index (χ4n) is 2.17. The van der Waals surface area contributed by atoms with Crippen LogP contribution in [-0.2, 0) is 11.3 Å². The van der Waals surface area contributed by atoms with Crippen LogP contribution < -0.4 is 15.4 Å². The summed E-state index contributed by atoms with van der Waals surface area (Å²) in [6.45, 7) is 5.49. The third-order valence-electron chi connectivity index (χ3n) is 3.96. The standard InChI is InChI=1S/C19H27N3O2S/c1-19(2,24-5)13-22-18(20-3)21-11-17-10-15(12-25-17)14-6-8-16(23-4)9-7-14/h6-10,12H,11,13H2,1-5H3,(H2,20,21,22). The molecule has 1 aromatic carbocycles. The number of rotatable bonds is 7. The predicted octanol–water partition coefficient (Wildman–Crippen LogP) is 3.51. The minimum atomic E-state index is -0.234. The second-order valence-corrected chi connectivity index (χ2v) is 7.27. The zero-order valence-corrected chi connectivity index (χ0v) is 16.4. The van der Waals surface area contributed by atoms with Crippen molar-refractivity contribution < 1.29 is 9.47 Å². The molecule has 1 heterocycles. The van der Waals surface area contributed by atoms with E-state index in [-0.39, 0.29) is 5.60 Å². The van der Waals surface area contributed by atoms with E-state index in [0.717, 1.165) is 18.3 Å². The molecular formula is C19H27N3O2S. The SMILES string of the molecule is CN=C(NCc1cc(-c2ccc(OC)cc2)cs1)NCC(C)(C)OC. The van der Waals surface area contributed by atoms with Crippen LogP contribution in [0.3, 0.4) is 0 Å². The summed E-state index contributed by atoms with van der Waals surface area (Å²) in [4.78, 5) is 5.50. The van der Waals surface area contributed by atoms with Crippen molar-refractivity contribution >= 4 is 17.3 Å². The molecule has 0 bridgehead atoms. The van der Waals surface area contributed by atoms with Gasteiger partial charge in [-0.05, 0) is 48.6 Å². The molecule has 1 aromatic heterocycles. The van der Waals surface area contributed by atoms with E-state index in [1.807, 2.05) is 26.0 Å². The van der Waals surface area contributed by atoms with Crippen molar-refractivity contribution in [2.75, 3.05) is 27.8 Å². The first-order valence-electron chi connectivity index (χ1n) is 8.19. The van der Waals surface area contributed by atoms with Gasteiger partial charge in [0.25, 0.3) is 0 Å². The Morgan fingerprint density at radius 1 is 1.12 bits per heavy atom. The Hall–Kier alpha value is -2.05. The molecule has 0 fully saturated rings. The van der Waals surface area contributed by atoms with Crippen molar-refractivity contribution in [2.45, 2.75) is 26.0 Å². The summed E-state index contributed by atoms with van der Waals surface area (Å²) in [5.41, 5.74) is 2.17. The second kappa shape index (κ2) is 8.87. The highest BCUT2D eigenvalue weighted by Gasteiger charge is 2.16. The van der Waals surface area contributed by atoms with Crippen molar-refractivity contribution in [1.82, 2.24) is 10.6 Å². The van der Waals surface area contributed by atoms with E-state index in [1.165, 1.54) is 16.0 Å². The van der Waals surface area contributed by atoms with E-state index in [4.69, 9.17) is 9.47 Å². The highest BCUT2D eigenvalue weighted by molar-refractivity contribution is 7.10. The van der Waals surface area contributed by atoms with Crippen molar-refractivity contribution in [3.63, 3.8) is 0 Å². The Labute approximate surface area is 154 Å². The summed E-state index contributed by atoms with van der Waals surface area (Å²) >= 11 is 1.73. The van der Waals surface area contributed by atoms with Crippen LogP contribution in [0.5, 0.6) is 5.75 Å². The zero-order valence-electron chi connectivity index (χ0n) is 15.6. The van der Waals surface area contributed by atoms with Crippen LogP contribution >= 0.6 is 11.3 Å². The van der Waals surface area contributed by atoms with Gasteiger partial charge in [0.15, 0.2) is 5.96 Å². The first kappa shape index (κ1) is 19.3. The number of methoxy groups -OCH3 is 2. The van der Waals surface area contributed by atoms with Crippen LogP contribution in [-0.4, -0.2) is 39.4 Å². The molecule has 0 amide bonds. The molecule has 2 aromatic rings. The van der Waals surface area contributed by atoms with Gasteiger partial charge in [-0.1, -0.05) is 12.1 Å². The van der Waals surface area contributed by atoms with Gasteiger partial charge < -0.3 is 20.1 Å². The molecule has 0 saturated heterocycles. The Balaban J connectivity index is 1.91. The Morgan fingerprint density at radius 3 is 2.44 bits per heavy atom. The lowest BCUT2D eigenvalue weighted by Gasteiger charge is -2.24. The largest absolute Gasteiger partial charge is 0.497 e. The number of thiophene rings is 1. The summed E-state index contributed by atoms with van der Waals surface area (Å²) in [7, 11) is 5.16. The molecule has 0 aliphatic heterocycles. The average Bonchev–Trinajstić information content (AvgIpc) is 3.11. The molecule has 0 atom stereocenters. The van der Waals surface area contributed by atoms with E-state index in [0.29, 0.717) is 6.54 Å². The van der Waals surface area contributed by atoms with E-state index >= 15 is 0 Å². The van der Waals surface area contributed by atoms with E-state index in [9.17, 15) is 0 Å². The summed E-state index contributed by atoms with van der Waals surface area (Å²) in [5.74, 6) is 1.64. The minimum absolute atomic E-state index is 0.234. The number of benzene rings is 1. The normalized spacial score (nSPS) is 12.1. The first-order chi connectivity index (χ1) is 12.0. The molecule has 0 saturated carbocycles. The number of nitrogens with one attached hydrogen (secondary N) is 2. The second-order valence-electron chi connectivity index (χ2n) is 6.27. The quantitative estimate of drug-likeness (QED) is 0.585. The maximum atomic E-state index is 5.41. The maximum Gasteiger partial charge on any atom is 0.191 e. The minimum Gasteiger partial charge on any atom is -0.497 e. The van der Waals surface area contributed by atoms with Crippen LogP contribution in [0.25, 0.3) is 11.1 Å². The molecule has 0 radical (unpaired) electrons. The number of aliphatic imine (C=N–C) groups is 1. The van der Waals surface area contributed by atoms with Gasteiger partial charge in [-0.2, -0.15) is 0 Å². The highest BCUT2D eigenvalue weighted by atomic mass is 32.1. The number of hydrogen-bond acceptors (Lipinski definition) is 4. The zero-order chi connectivity index (χ0) is 18.3. The monoisotopic (exact) mass is 361 g/mol. The number of nitrogens with zero attached hydrogens (tertiary/aromatic N) is 1. The lowest BCUT2D eigenvalue weighted by Crippen LogP contribution is -2.44. The van der Waals surface area contributed by atoms with Crippen molar-refractivity contribution in [3.05, 3.63) is 40.6 Å². The molecule has 25 heavy (non-hydrogen) atoms. The van der Waals surface area contributed by atoms with Gasteiger partial charge >= 0.3 is 0 Å². The third-order valence-corrected chi connectivity index (χ3v) is 4.90. The fraction of sp³-hybridized carbons (Fsp3) is 0.421. The van der Waals surface area contributed by atoms with Crippen molar-refractivity contribution in [1.29, 1.82) is 0 Å². The van der Waals surface area contributed by atoms with Gasteiger partial charge in [0.1, 0.15) is 5.75 Å². The summed E-state index contributed by atoms with van der Waals surface area (Å²) in [5, 5.41) is 8.80. The summed E-state index contributed by atoms with van der Waals surface area (Å²) in [6.07, 6.45) is 0. The van der Waals surface area contributed by atoms with E-state index in [2.05, 4.69) is 39.2 Å². The van der Waals surface area contributed by atoms with Gasteiger partial charge in [-0.15, -0.1) is 11.3 Å². The molecule has 0 unspecified atom stereocenters. The smallest absolute Gasteiger partial charge is 0.191 e. The molecule has 0 aliphatic rings. The Kier molecular flexibility index (Phi) is 6.84. The predicted molar refractivity (Wildman–Crippen MR) is 106 cm³/mol. The van der Waals surface area contributed by atoms with E-state index in [1.54, 1.807) is 32.6 Å². The van der Waals surface area contributed by atoms with Crippen LogP contribution in [0, 0.1) is 0 Å². The maximum absolute atomic E-state index is 5.41. The third kappa shape index (κ3) is 5.76. The molecule has 0 spiro atoms.